The third-order valence-corrected chi connectivity index (χ3v) is 13.9. The second kappa shape index (κ2) is 24.8. The molecule has 0 radical (unpaired) electrons. The van der Waals surface area contributed by atoms with E-state index < -0.39 is 0 Å². The minimum atomic E-state index is -0.00759. The fourth-order valence-electron chi connectivity index (χ4n) is 8.41. The van der Waals surface area contributed by atoms with Crippen molar-refractivity contribution in [3.8, 4) is 0 Å². The average molecular weight is 1190 g/mol. The molecule has 15 nitrogen and oxygen atoms in total. The molecular formula is C48H54Br3Cl3N12O3. The molecule has 1 unspecified atom stereocenters. The molecule has 21 heteroatoms. The first-order valence-corrected chi connectivity index (χ1v) is 25.9. The van der Waals surface area contributed by atoms with Gasteiger partial charge in [-0.1, -0.05) is 101 Å². The van der Waals surface area contributed by atoms with Crippen molar-refractivity contribution in [1.82, 2.24) is 29.9 Å². The summed E-state index contributed by atoms with van der Waals surface area (Å²) in [6, 6.07) is 23.6. The zero-order chi connectivity index (χ0) is 49.2. The minimum Gasteiger partial charge on any atom is -0.379 e. The van der Waals surface area contributed by atoms with Crippen LogP contribution in [0.3, 0.4) is 0 Å². The number of aromatic nitrogens is 6. The molecule has 3 aliphatic rings. The van der Waals surface area contributed by atoms with E-state index in [-0.39, 0.29) is 36.0 Å². The highest BCUT2D eigenvalue weighted by Crippen LogP contribution is 2.37. The van der Waals surface area contributed by atoms with E-state index in [9.17, 15) is 0 Å². The number of hydrogen-bond acceptors (Lipinski definition) is 15. The van der Waals surface area contributed by atoms with Gasteiger partial charge >= 0.3 is 0 Å². The van der Waals surface area contributed by atoms with Gasteiger partial charge in [0.05, 0.1) is 37.9 Å². The molecule has 3 aliphatic heterocycles. The number of benzene rings is 3. The second-order valence-corrected chi connectivity index (χ2v) is 20.6. The Labute approximate surface area is 443 Å². The predicted octanol–water partition coefficient (Wildman–Crippen LogP) is 11.3. The first-order chi connectivity index (χ1) is 33.1. The van der Waals surface area contributed by atoms with Crippen molar-refractivity contribution in [2.24, 2.45) is 0 Å². The van der Waals surface area contributed by atoms with Gasteiger partial charge in [0.15, 0.2) is 0 Å². The lowest BCUT2D eigenvalue weighted by Crippen LogP contribution is -2.32. The Morgan fingerprint density at radius 2 is 0.725 bits per heavy atom. The van der Waals surface area contributed by atoms with Crippen LogP contribution < -0.4 is 31.9 Å². The van der Waals surface area contributed by atoms with Gasteiger partial charge in [0.1, 0.15) is 17.5 Å². The lowest BCUT2D eigenvalue weighted by Gasteiger charge is -2.31. The summed E-state index contributed by atoms with van der Waals surface area (Å²) >= 11 is 29.7. The average Bonchev–Trinajstić information content (AvgIpc) is 3.79. The first-order valence-electron chi connectivity index (χ1n) is 22.3. The van der Waals surface area contributed by atoms with Crippen LogP contribution in [0.2, 0.25) is 15.1 Å². The van der Waals surface area contributed by atoms with Gasteiger partial charge in [-0.3, -0.25) is 0 Å². The molecule has 0 amide bonds. The highest BCUT2D eigenvalue weighted by atomic mass is 79.9. The number of hydrogen-bond donors (Lipinski definition) is 3. The summed E-state index contributed by atoms with van der Waals surface area (Å²) in [5.74, 6) is 3.28. The lowest BCUT2D eigenvalue weighted by atomic mass is 10.1. The maximum absolute atomic E-state index is 6.46. The van der Waals surface area contributed by atoms with Gasteiger partial charge < -0.3 is 46.1 Å². The van der Waals surface area contributed by atoms with Crippen molar-refractivity contribution >= 4 is 118 Å². The molecule has 6 heterocycles. The number of halogens is 6. The van der Waals surface area contributed by atoms with Crippen LogP contribution in [-0.4, -0.2) is 89.2 Å². The summed E-state index contributed by atoms with van der Waals surface area (Å²) in [6.07, 6.45) is 2.77. The Bertz CT molecular complexity index is 2360. The highest BCUT2D eigenvalue weighted by molar-refractivity contribution is 9.11. The van der Waals surface area contributed by atoms with E-state index in [1.807, 2.05) is 93.6 Å². The number of nitrogen functional groups attached to an aromatic ring is 3. The maximum atomic E-state index is 6.46. The van der Waals surface area contributed by atoms with Gasteiger partial charge in [-0.25, -0.2) is 15.0 Å². The number of aryl methyl sites for hydroxylation is 3. The van der Waals surface area contributed by atoms with Gasteiger partial charge in [0, 0.05) is 103 Å². The molecule has 366 valence electrons. The summed E-state index contributed by atoms with van der Waals surface area (Å²) in [5, 5.41) is 2.12. The number of rotatable bonds is 6. The second-order valence-electron chi connectivity index (χ2n) is 16.6. The van der Waals surface area contributed by atoms with E-state index >= 15 is 0 Å². The quantitative estimate of drug-likeness (QED) is 0.143. The molecule has 0 spiro atoms. The van der Waals surface area contributed by atoms with Gasteiger partial charge in [-0.2, -0.15) is 15.0 Å². The molecule has 3 aromatic carbocycles. The molecule has 3 fully saturated rings. The van der Waals surface area contributed by atoms with E-state index in [2.05, 4.69) is 92.4 Å². The van der Waals surface area contributed by atoms with Crippen LogP contribution in [0.1, 0.15) is 71.2 Å². The Kier molecular flexibility index (Phi) is 19.0. The number of ether oxygens (including phenoxy) is 3. The lowest BCUT2D eigenvalue weighted by molar-refractivity contribution is 0.134. The van der Waals surface area contributed by atoms with E-state index in [0.29, 0.717) is 34.9 Å². The smallest absolute Gasteiger partial charge is 0.222 e. The van der Waals surface area contributed by atoms with Crippen LogP contribution in [0.15, 0.2) is 86.2 Å². The fraction of sp³-hybridized carbons (Fsp3) is 0.375. The van der Waals surface area contributed by atoms with Gasteiger partial charge in [0.25, 0.3) is 0 Å². The number of nitrogens with zero attached hydrogens (tertiary/aromatic N) is 9. The van der Waals surface area contributed by atoms with E-state index in [1.54, 1.807) is 0 Å². The molecule has 9 rings (SSSR count). The normalized spacial score (nSPS) is 18.7. The van der Waals surface area contributed by atoms with Crippen molar-refractivity contribution in [2.45, 2.75) is 58.2 Å². The molecule has 6 N–H and O–H groups in total. The van der Waals surface area contributed by atoms with Crippen molar-refractivity contribution < 1.29 is 14.2 Å². The Balaban J connectivity index is 0.000000153. The molecule has 0 bridgehead atoms. The largest absolute Gasteiger partial charge is 0.379 e. The summed E-state index contributed by atoms with van der Waals surface area (Å²) in [6.45, 7) is 12.1. The van der Waals surface area contributed by atoms with Crippen LogP contribution >= 0.6 is 82.6 Å². The van der Waals surface area contributed by atoms with Crippen LogP contribution in [0.4, 0.5) is 35.3 Å². The molecule has 0 saturated carbocycles. The topological polar surface area (TPSA) is 193 Å². The Morgan fingerprint density at radius 1 is 0.449 bits per heavy atom. The van der Waals surface area contributed by atoms with Crippen LogP contribution in [0.25, 0.3) is 0 Å². The van der Waals surface area contributed by atoms with Crippen molar-refractivity contribution in [3.63, 3.8) is 0 Å². The van der Waals surface area contributed by atoms with Crippen molar-refractivity contribution in [3.05, 3.63) is 135 Å². The SMILES string of the molecule is Cc1cc(N2CCCOCC2c2ccc(Br)cc2Cl)nc(N)n1.Cc1cc(N2CCCOC[C@@H]2c2ccc(Br)cc2Cl)nc(N)n1.Cc1cc(N2CCCOC[C@H]2c2ccc(Br)cc2Cl)nc(N)n1. The third kappa shape index (κ3) is 14.3. The number of anilines is 6. The summed E-state index contributed by atoms with van der Waals surface area (Å²) in [5.41, 5.74) is 23.1. The first kappa shape index (κ1) is 52.7. The Hall–Kier alpha value is -4.11. The molecule has 3 aromatic heterocycles. The van der Waals surface area contributed by atoms with E-state index in [0.717, 1.165) is 123 Å². The van der Waals surface area contributed by atoms with E-state index in [4.69, 9.17) is 66.2 Å². The molecule has 3 atom stereocenters. The molecular weight excluding hydrogens is 1140 g/mol. The summed E-state index contributed by atoms with van der Waals surface area (Å²) in [4.78, 5) is 32.3. The van der Waals surface area contributed by atoms with E-state index in [1.165, 1.54) is 0 Å². The highest BCUT2D eigenvalue weighted by Gasteiger charge is 2.30. The van der Waals surface area contributed by atoms with Gasteiger partial charge in [-0.05, 0) is 93.1 Å². The minimum absolute atomic E-state index is 0.00759. The predicted molar refractivity (Wildman–Crippen MR) is 288 cm³/mol. The van der Waals surface area contributed by atoms with Crippen molar-refractivity contribution in [2.75, 3.05) is 91.2 Å². The standard InChI is InChI=1S/3C16H18BrClN4O/c3*1-10-7-15(21-16(19)20-10)22-5-2-6-23-9-14(22)12-4-3-11(17)8-13(12)18/h3*3-4,7-8,14H,2,5-6,9H2,1H3,(H2,19,20,21)/t2*14-;/m10./s1. The summed E-state index contributed by atoms with van der Waals surface area (Å²) < 4.78 is 20.2. The fourth-order valence-corrected chi connectivity index (χ4v) is 10.8. The van der Waals surface area contributed by atoms with Gasteiger partial charge in [0.2, 0.25) is 17.8 Å². The maximum Gasteiger partial charge on any atom is 0.222 e. The third-order valence-electron chi connectivity index (χ3n) is 11.4. The Morgan fingerprint density at radius 3 is 0.971 bits per heavy atom. The monoisotopic (exact) mass is 1190 g/mol. The van der Waals surface area contributed by atoms with Crippen LogP contribution in [-0.2, 0) is 14.2 Å². The summed E-state index contributed by atoms with van der Waals surface area (Å²) in [7, 11) is 0. The van der Waals surface area contributed by atoms with Gasteiger partial charge in [-0.15, -0.1) is 0 Å². The zero-order valence-corrected chi connectivity index (χ0v) is 45.4. The molecule has 3 saturated heterocycles. The van der Waals surface area contributed by atoms with Crippen LogP contribution in [0.5, 0.6) is 0 Å². The molecule has 69 heavy (non-hydrogen) atoms. The van der Waals surface area contributed by atoms with Crippen LogP contribution in [0, 0.1) is 20.8 Å². The zero-order valence-electron chi connectivity index (χ0n) is 38.4. The molecule has 6 aromatic rings. The number of nitrogens with two attached hydrogens (primary N) is 3. The van der Waals surface area contributed by atoms with Crippen molar-refractivity contribution in [1.29, 1.82) is 0 Å². The molecule has 0 aliphatic carbocycles.